The molecule has 1 aliphatic heterocycles. The summed E-state index contributed by atoms with van der Waals surface area (Å²) in [5.41, 5.74) is 4.95. The average molecular weight is 336 g/mol. The van der Waals surface area contributed by atoms with E-state index in [1.807, 2.05) is 0 Å². The SMILES string of the molecule is CN1CC(Cn2cc(O)[nH]c2=O)C=C2c3cccc4[nH]cc(c34)C[C@H]21. The molecule has 1 aromatic carbocycles. The quantitative estimate of drug-likeness (QED) is 0.669. The first-order valence-electron chi connectivity index (χ1n) is 8.60. The molecule has 0 radical (unpaired) electrons. The first-order chi connectivity index (χ1) is 12.1. The van der Waals surface area contributed by atoms with E-state index < -0.39 is 0 Å². The van der Waals surface area contributed by atoms with Gasteiger partial charge < -0.3 is 10.1 Å². The Labute approximate surface area is 144 Å². The van der Waals surface area contributed by atoms with Crippen molar-refractivity contribution in [3.8, 4) is 5.88 Å². The fourth-order valence-electron chi connectivity index (χ4n) is 4.47. The van der Waals surface area contributed by atoms with Crippen molar-refractivity contribution in [1.29, 1.82) is 0 Å². The van der Waals surface area contributed by atoms with Crippen molar-refractivity contribution in [2.45, 2.75) is 19.0 Å². The van der Waals surface area contributed by atoms with Gasteiger partial charge in [-0.05, 0) is 36.2 Å². The van der Waals surface area contributed by atoms with Gasteiger partial charge in [0, 0.05) is 42.1 Å². The predicted octanol–water partition coefficient (Wildman–Crippen LogP) is 1.93. The summed E-state index contributed by atoms with van der Waals surface area (Å²) in [6, 6.07) is 6.79. The lowest BCUT2D eigenvalue weighted by Gasteiger charge is -2.40. The van der Waals surface area contributed by atoms with E-state index >= 15 is 0 Å². The van der Waals surface area contributed by atoms with Crippen molar-refractivity contribution in [1.82, 2.24) is 19.4 Å². The highest BCUT2D eigenvalue weighted by Crippen LogP contribution is 2.40. The van der Waals surface area contributed by atoms with Crippen molar-refractivity contribution >= 4 is 16.5 Å². The van der Waals surface area contributed by atoms with E-state index in [9.17, 15) is 9.90 Å². The predicted molar refractivity (Wildman–Crippen MR) is 96.6 cm³/mol. The zero-order chi connectivity index (χ0) is 17.1. The van der Waals surface area contributed by atoms with Gasteiger partial charge in [-0.15, -0.1) is 0 Å². The molecule has 2 aliphatic rings. The lowest BCUT2D eigenvalue weighted by Crippen LogP contribution is -2.43. The van der Waals surface area contributed by atoms with Crippen LogP contribution in [0.1, 0.15) is 11.1 Å². The molecule has 25 heavy (non-hydrogen) atoms. The molecule has 3 N–H and O–H groups in total. The second-order valence-electron chi connectivity index (χ2n) is 7.18. The van der Waals surface area contributed by atoms with Gasteiger partial charge in [0.25, 0.3) is 0 Å². The molecule has 128 valence electrons. The topological polar surface area (TPSA) is 77.0 Å². The van der Waals surface area contributed by atoms with Crippen LogP contribution < -0.4 is 5.69 Å². The molecule has 1 aliphatic carbocycles. The Morgan fingerprint density at radius 3 is 3.04 bits per heavy atom. The van der Waals surface area contributed by atoms with Gasteiger partial charge in [-0.25, -0.2) is 4.79 Å². The summed E-state index contributed by atoms with van der Waals surface area (Å²) in [4.78, 5) is 20.0. The van der Waals surface area contributed by atoms with E-state index in [1.54, 1.807) is 4.57 Å². The van der Waals surface area contributed by atoms with E-state index in [-0.39, 0.29) is 17.5 Å². The summed E-state index contributed by atoms with van der Waals surface area (Å²) in [6.45, 7) is 1.45. The van der Waals surface area contributed by atoms with Gasteiger partial charge in [0.15, 0.2) is 0 Å². The number of nitrogens with one attached hydrogen (secondary N) is 2. The number of aromatic amines is 2. The number of hydrogen-bond acceptors (Lipinski definition) is 3. The Bertz CT molecular complexity index is 1050. The Hall–Kier alpha value is -2.73. The largest absolute Gasteiger partial charge is 0.493 e. The first kappa shape index (κ1) is 14.6. The van der Waals surface area contributed by atoms with Gasteiger partial charge in [-0.1, -0.05) is 18.2 Å². The molecule has 0 amide bonds. The third-order valence-corrected chi connectivity index (χ3v) is 5.55. The van der Waals surface area contributed by atoms with Gasteiger partial charge in [-0.2, -0.15) is 0 Å². The van der Waals surface area contributed by atoms with Gasteiger partial charge in [0.05, 0.1) is 6.20 Å². The van der Waals surface area contributed by atoms with Crippen molar-refractivity contribution in [2.24, 2.45) is 5.92 Å². The number of imidazole rings is 1. The van der Waals surface area contributed by atoms with Crippen LogP contribution in [0.3, 0.4) is 0 Å². The van der Waals surface area contributed by atoms with Crippen LogP contribution in [0.2, 0.25) is 0 Å². The maximum atomic E-state index is 11.9. The summed E-state index contributed by atoms with van der Waals surface area (Å²) in [7, 11) is 2.15. The van der Waals surface area contributed by atoms with Crippen LogP contribution >= 0.6 is 0 Å². The summed E-state index contributed by atoms with van der Waals surface area (Å²) in [5, 5.41) is 10.8. The number of likely N-dealkylation sites (N-methyl/N-ethyl adjacent to an activating group) is 1. The van der Waals surface area contributed by atoms with E-state index in [0.29, 0.717) is 12.6 Å². The summed E-state index contributed by atoms with van der Waals surface area (Å²) in [6.07, 6.45) is 6.94. The summed E-state index contributed by atoms with van der Waals surface area (Å²) < 4.78 is 1.55. The monoisotopic (exact) mass is 336 g/mol. The zero-order valence-electron chi connectivity index (χ0n) is 14.0. The van der Waals surface area contributed by atoms with E-state index in [2.05, 4.69) is 52.4 Å². The van der Waals surface area contributed by atoms with Crippen LogP contribution in [0.5, 0.6) is 5.88 Å². The van der Waals surface area contributed by atoms with Crippen LogP contribution in [0.25, 0.3) is 16.5 Å². The van der Waals surface area contributed by atoms with Gasteiger partial charge in [0.2, 0.25) is 5.88 Å². The number of hydrogen-bond donors (Lipinski definition) is 3. The first-order valence-corrected chi connectivity index (χ1v) is 8.60. The number of H-pyrrole nitrogens is 2. The summed E-state index contributed by atoms with van der Waals surface area (Å²) >= 11 is 0. The third-order valence-electron chi connectivity index (χ3n) is 5.55. The molecule has 0 bridgehead atoms. The average Bonchev–Trinajstić information content (AvgIpc) is 3.13. The van der Waals surface area contributed by atoms with Crippen molar-refractivity contribution < 1.29 is 5.11 Å². The number of fused-ring (bicyclic) bond motifs is 2. The van der Waals surface area contributed by atoms with Gasteiger partial charge in [0.1, 0.15) is 0 Å². The number of benzene rings is 1. The Morgan fingerprint density at radius 1 is 1.36 bits per heavy atom. The molecule has 2 aromatic heterocycles. The molecule has 0 fully saturated rings. The van der Waals surface area contributed by atoms with Gasteiger partial charge >= 0.3 is 5.69 Å². The molecule has 0 saturated heterocycles. The second kappa shape index (κ2) is 5.13. The second-order valence-corrected chi connectivity index (χ2v) is 7.18. The minimum absolute atomic E-state index is 0.0842. The maximum absolute atomic E-state index is 11.9. The van der Waals surface area contributed by atoms with E-state index in [4.69, 9.17) is 0 Å². The standard InChI is InChI=1S/C19H20N4O2/c1-22-8-11(9-23-10-17(24)21-19(23)25)5-14-13-3-2-4-15-18(13)12(7-20-15)6-16(14)22/h2-5,7,10-11,16,20,24H,6,8-9H2,1H3,(H,21,25)/t11?,16-/m1/s1. The molecule has 2 atom stereocenters. The smallest absolute Gasteiger partial charge is 0.328 e. The Balaban J connectivity index is 1.59. The van der Waals surface area contributed by atoms with Crippen LogP contribution in [0.15, 0.2) is 41.5 Å². The summed E-state index contributed by atoms with van der Waals surface area (Å²) in [5.74, 6) is 0.138. The molecule has 0 spiro atoms. The molecule has 5 rings (SSSR count). The van der Waals surface area contributed by atoms with Crippen LogP contribution in [0, 0.1) is 5.92 Å². The highest BCUT2D eigenvalue weighted by Gasteiger charge is 2.33. The molecule has 6 heteroatoms. The van der Waals surface area contributed by atoms with Crippen LogP contribution in [0.4, 0.5) is 0 Å². The normalized spacial score (nSPS) is 22.8. The number of aromatic nitrogens is 3. The van der Waals surface area contributed by atoms with Crippen LogP contribution in [-0.2, 0) is 13.0 Å². The lowest BCUT2D eigenvalue weighted by atomic mass is 9.80. The van der Waals surface area contributed by atoms with Crippen molar-refractivity contribution in [3.05, 3.63) is 58.3 Å². The zero-order valence-corrected chi connectivity index (χ0v) is 14.0. The lowest BCUT2D eigenvalue weighted by molar-refractivity contribution is 0.234. The highest BCUT2D eigenvalue weighted by atomic mass is 16.3. The minimum atomic E-state index is -0.264. The highest BCUT2D eigenvalue weighted by molar-refractivity contribution is 5.98. The molecule has 3 aromatic rings. The minimum Gasteiger partial charge on any atom is -0.493 e. The molecule has 1 unspecified atom stereocenters. The number of aromatic hydroxyl groups is 1. The molecule has 0 saturated carbocycles. The third kappa shape index (κ3) is 2.17. The van der Waals surface area contributed by atoms with E-state index in [1.165, 1.54) is 33.8 Å². The van der Waals surface area contributed by atoms with Gasteiger partial charge in [-0.3, -0.25) is 14.5 Å². The Kier molecular flexibility index (Phi) is 3.00. The number of nitrogens with zero attached hydrogens (tertiary/aromatic N) is 2. The fraction of sp³-hybridized carbons (Fsp3) is 0.316. The maximum Gasteiger partial charge on any atom is 0.328 e. The molecular formula is C19H20N4O2. The number of rotatable bonds is 2. The van der Waals surface area contributed by atoms with Crippen LogP contribution in [-0.4, -0.2) is 44.2 Å². The van der Waals surface area contributed by atoms with E-state index in [0.717, 1.165) is 13.0 Å². The molecule has 3 heterocycles. The Morgan fingerprint density at radius 2 is 2.24 bits per heavy atom. The van der Waals surface area contributed by atoms with Crippen molar-refractivity contribution in [2.75, 3.05) is 13.6 Å². The fourth-order valence-corrected chi connectivity index (χ4v) is 4.47. The molecular weight excluding hydrogens is 316 g/mol. The molecule has 6 nitrogen and oxygen atoms in total. The van der Waals surface area contributed by atoms with Crippen molar-refractivity contribution in [3.63, 3.8) is 0 Å².